The highest BCUT2D eigenvalue weighted by molar-refractivity contribution is 7.86. The van der Waals surface area contributed by atoms with Gasteiger partial charge in [0.05, 0.1) is 0 Å². The normalized spacial score (nSPS) is 19.1. The Morgan fingerprint density at radius 3 is 1.36 bits per heavy atom. The fraction of sp³-hybridized carbons (Fsp3) is 1.00. The van der Waals surface area contributed by atoms with Gasteiger partial charge in [0, 0.05) is 0 Å². The quantitative estimate of drug-likeness (QED) is 0.564. The van der Waals surface area contributed by atoms with Crippen LogP contribution in [0.15, 0.2) is 0 Å². The van der Waals surface area contributed by atoms with Gasteiger partial charge >= 0.3 is 17.3 Å². The number of aliphatic hydroxyl groups is 1. The third-order valence-corrected chi connectivity index (χ3v) is 1.97. The van der Waals surface area contributed by atoms with Gasteiger partial charge in [-0.05, 0) is 0 Å². The fourth-order valence-corrected chi connectivity index (χ4v) is 0.778. The molecule has 11 heteroatoms. The summed E-state index contributed by atoms with van der Waals surface area (Å²) >= 11 is 0. The van der Waals surface area contributed by atoms with E-state index in [-0.39, 0.29) is 0 Å². The van der Waals surface area contributed by atoms with Gasteiger partial charge < -0.3 is 9.66 Å². The van der Waals surface area contributed by atoms with E-state index in [1.165, 1.54) is 0 Å². The third-order valence-electron chi connectivity index (χ3n) is 1.08. The number of hydrogen-bond acceptors (Lipinski definition) is 4. The number of alkyl halides is 6. The van der Waals surface area contributed by atoms with Gasteiger partial charge in [-0.1, -0.05) is 0 Å². The SMILES string of the molecule is O=S(=O)([O-])C(F)(F)C(O)(F)C(F)(F)F. The second kappa shape index (κ2) is 2.97. The average molecular weight is 247 g/mol. The summed E-state index contributed by atoms with van der Waals surface area (Å²) in [5, 5.41) is 1.09. The largest absolute Gasteiger partial charge is 0.743 e. The van der Waals surface area contributed by atoms with Crippen molar-refractivity contribution in [3.8, 4) is 0 Å². The topological polar surface area (TPSA) is 77.4 Å². The molecule has 0 rings (SSSR count). The fourth-order valence-electron chi connectivity index (χ4n) is 0.331. The molecule has 0 amide bonds. The first-order valence-electron chi connectivity index (χ1n) is 2.56. The van der Waals surface area contributed by atoms with Crippen LogP contribution in [-0.2, 0) is 10.1 Å². The van der Waals surface area contributed by atoms with E-state index in [4.69, 9.17) is 5.11 Å². The molecule has 0 fully saturated rings. The number of hydrogen-bond donors (Lipinski definition) is 1. The van der Waals surface area contributed by atoms with Gasteiger partial charge in [-0.15, -0.1) is 0 Å². The monoisotopic (exact) mass is 247 g/mol. The van der Waals surface area contributed by atoms with Gasteiger partial charge in [-0.25, -0.2) is 8.42 Å². The minimum Gasteiger partial charge on any atom is -0.743 e. The van der Waals surface area contributed by atoms with E-state index in [1.54, 1.807) is 0 Å². The zero-order valence-corrected chi connectivity index (χ0v) is 6.66. The lowest BCUT2D eigenvalue weighted by atomic mass is 10.3. The zero-order valence-electron chi connectivity index (χ0n) is 5.85. The third kappa shape index (κ3) is 1.79. The summed E-state index contributed by atoms with van der Waals surface area (Å²) in [4.78, 5) is 0. The molecule has 0 saturated carbocycles. The minimum atomic E-state index is -6.97. The predicted octanol–water partition coefficient (Wildman–Crippen LogP) is 0.345. The molecule has 14 heavy (non-hydrogen) atoms. The van der Waals surface area contributed by atoms with E-state index >= 15 is 0 Å². The van der Waals surface area contributed by atoms with E-state index in [2.05, 4.69) is 0 Å². The van der Waals surface area contributed by atoms with Crippen molar-refractivity contribution in [1.82, 2.24) is 0 Å². The maximum atomic E-state index is 12.0. The molecule has 0 spiro atoms. The van der Waals surface area contributed by atoms with Gasteiger partial charge in [-0.3, -0.25) is 0 Å². The minimum absolute atomic E-state index is 6.42. The molecule has 0 aliphatic carbocycles. The summed E-state index contributed by atoms with van der Waals surface area (Å²) in [5.74, 6) is -6.42. The molecule has 0 aromatic carbocycles. The van der Waals surface area contributed by atoms with Crippen LogP contribution in [0.5, 0.6) is 0 Å². The Hall–Kier alpha value is -0.550. The van der Waals surface area contributed by atoms with Gasteiger partial charge in [0.25, 0.3) is 0 Å². The van der Waals surface area contributed by atoms with Crippen molar-refractivity contribution in [2.24, 2.45) is 0 Å². The summed E-state index contributed by atoms with van der Waals surface area (Å²) < 4.78 is 98.6. The van der Waals surface area contributed by atoms with Crippen molar-refractivity contribution >= 4 is 10.1 Å². The smallest absolute Gasteiger partial charge is 0.455 e. The van der Waals surface area contributed by atoms with Crippen molar-refractivity contribution in [3.05, 3.63) is 0 Å². The zero-order chi connectivity index (χ0) is 12.0. The van der Waals surface area contributed by atoms with Crippen LogP contribution in [0.4, 0.5) is 26.3 Å². The van der Waals surface area contributed by atoms with Crippen LogP contribution >= 0.6 is 0 Å². The van der Waals surface area contributed by atoms with Crippen molar-refractivity contribution in [2.75, 3.05) is 0 Å². The van der Waals surface area contributed by atoms with Crippen LogP contribution < -0.4 is 0 Å². The van der Waals surface area contributed by atoms with Crippen LogP contribution in [0.1, 0.15) is 0 Å². The van der Waals surface area contributed by atoms with E-state index in [9.17, 15) is 39.3 Å². The molecular weight excluding hydrogens is 246 g/mol. The first kappa shape index (κ1) is 13.4. The number of rotatable bonds is 2. The molecule has 0 aliphatic rings. The summed E-state index contributed by atoms with van der Waals surface area (Å²) in [6.45, 7) is 0. The van der Waals surface area contributed by atoms with E-state index in [0.29, 0.717) is 0 Å². The van der Waals surface area contributed by atoms with Crippen LogP contribution in [0.25, 0.3) is 0 Å². The molecule has 0 aliphatic heterocycles. The van der Waals surface area contributed by atoms with E-state index in [1.807, 2.05) is 0 Å². The Labute approximate surface area is 72.9 Å². The van der Waals surface area contributed by atoms with Crippen LogP contribution in [0, 0.1) is 0 Å². The molecule has 0 aromatic heterocycles. The highest BCUT2D eigenvalue weighted by atomic mass is 32.2. The van der Waals surface area contributed by atoms with Crippen molar-refractivity contribution < 1.29 is 44.4 Å². The molecule has 86 valence electrons. The molecule has 0 bridgehead atoms. The van der Waals surface area contributed by atoms with Gasteiger partial charge in [0.1, 0.15) is 0 Å². The summed E-state index contributed by atoms with van der Waals surface area (Å²) in [7, 11) is -6.97. The van der Waals surface area contributed by atoms with E-state index in [0.717, 1.165) is 0 Å². The lowest BCUT2D eigenvalue weighted by Crippen LogP contribution is -2.58. The molecule has 0 saturated heterocycles. The van der Waals surface area contributed by atoms with Crippen LogP contribution in [-0.4, -0.2) is 35.4 Å². The molecular formula is C3HF6O4S-. The maximum Gasteiger partial charge on any atom is 0.455 e. The summed E-state index contributed by atoms with van der Waals surface area (Å²) in [6, 6.07) is 0. The molecule has 0 aromatic rings. The van der Waals surface area contributed by atoms with Gasteiger partial charge in [-0.2, -0.15) is 26.3 Å². The lowest BCUT2D eigenvalue weighted by Gasteiger charge is -2.31. The Balaban J connectivity index is 5.54. The lowest BCUT2D eigenvalue weighted by molar-refractivity contribution is -0.365. The van der Waals surface area contributed by atoms with Crippen LogP contribution in [0.3, 0.4) is 0 Å². The van der Waals surface area contributed by atoms with E-state index < -0.39 is 27.4 Å². The molecule has 4 nitrogen and oxygen atoms in total. The molecule has 0 heterocycles. The van der Waals surface area contributed by atoms with Crippen molar-refractivity contribution in [2.45, 2.75) is 17.3 Å². The molecule has 0 radical (unpaired) electrons. The Kier molecular flexibility index (Phi) is 2.85. The number of halogens is 6. The second-order valence-electron chi connectivity index (χ2n) is 2.09. The van der Waals surface area contributed by atoms with Gasteiger partial charge in [0.2, 0.25) is 0 Å². The first-order chi connectivity index (χ1) is 5.75. The molecule has 1 N–H and O–H groups in total. The first-order valence-corrected chi connectivity index (χ1v) is 3.97. The standard InChI is InChI=1S/C3H2F6O4S/c4-1(10,2(5,6)7)3(8,9)14(11,12)13/h10H,(H,11,12,13)/p-1. The Morgan fingerprint density at radius 1 is 1.00 bits per heavy atom. The summed E-state index contributed by atoms with van der Waals surface area (Å²) in [6.07, 6.45) is -6.60. The summed E-state index contributed by atoms with van der Waals surface area (Å²) in [5.41, 5.74) is 0. The van der Waals surface area contributed by atoms with Crippen molar-refractivity contribution in [1.29, 1.82) is 0 Å². The Morgan fingerprint density at radius 2 is 1.29 bits per heavy atom. The maximum absolute atomic E-state index is 12.0. The van der Waals surface area contributed by atoms with Crippen LogP contribution in [0.2, 0.25) is 0 Å². The second-order valence-corrected chi connectivity index (χ2v) is 3.51. The predicted molar refractivity (Wildman–Crippen MR) is 26.8 cm³/mol. The average Bonchev–Trinajstić information content (AvgIpc) is 1.81. The van der Waals surface area contributed by atoms with Gasteiger partial charge in [0.15, 0.2) is 10.1 Å². The highest BCUT2D eigenvalue weighted by Gasteiger charge is 2.74. The van der Waals surface area contributed by atoms with Crippen molar-refractivity contribution in [3.63, 3.8) is 0 Å². The Bertz CT molecular complexity index is 314. The highest BCUT2D eigenvalue weighted by Crippen LogP contribution is 2.45. The molecule has 1 atom stereocenters. The molecule has 1 unspecified atom stereocenters.